The first-order valence-corrected chi connectivity index (χ1v) is 10.9. The van der Waals surface area contributed by atoms with Gasteiger partial charge in [-0.2, -0.15) is 0 Å². The number of hydrogen-bond donors (Lipinski definition) is 2. The van der Waals surface area contributed by atoms with Gasteiger partial charge >= 0.3 is 0 Å². The van der Waals surface area contributed by atoms with Crippen molar-refractivity contribution in [2.45, 2.75) is 32.1 Å². The minimum atomic E-state index is -0.146. The summed E-state index contributed by atoms with van der Waals surface area (Å²) in [5, 5.41) is 17.4. The lowest BCUT2D eigenvalue weighted by atomic mass is 9.78. The Hall–Kier alpha value is -2.12. The van der Waals surface area contributed by atoms with Crippen LogP contribution in [0.4, 0.5) is 0 Å². The van der Waals surface area contributed by atoms with Crippen LogP contribution in [0.3, 0.4) is 0 Å². The summed E-state index contributed by atoms with van der Waals surface area (Å²) < 4.78 is 22.0. The van der Waals surface area contributed by atoms with Crippen LogP contribution < -0.4 is 9.47 Å². The standard InChI is InChI=1S/C25H36O6/c1-25(2,21-5-9-23(10-6-21)30-17-3-15-28-19-13-26)22-7-11-24(12-8-22)31-18-4-16-29-20-14-27/h5-12,26-27H,3-4,13-20H2,1-2H3. The van der Waals surface area contributed by atoms with Gasteiger partial charge in [-0.3, -0.25) is 0 Å². The molecule has 0 spiro atoms. The second-order valence-electron chi connectivity index (χ2n) is 7.75. The van der Waals surface area contributed by atoms with E-state index in [9.17, 15) is 0 Å². The summed E-state index contributed by atoms with van der Waals surface area (Å²) in [6.45, 7) is 7.60. The Kier molecular flexibility index (Phi) is 11.4. The van der Waals surface area contributed by atoms with Crippen molar-refractivity contribution in [1.29, 1.82) is 0 Å². The molecule has 6 nitrogen and oxygen atoms in total. The molecule has 0 atom stereocenters. The van der Waals surface area contributed by atoms with Gasteiger partial charge in [0.1, 0.15) is 11.5 Å². The molecular weight excluding hydrogens is 396 g/mol. The molecule has 0 aliphatic heterocycles. The quantitative estimate of drug-likeness (QED) is 0.395. The van der Waals surface area contributed by atoms with Crippen LogP contribution >= 0.6 is 0 Å². The van der Waals surface area contributed by atoms with Crippen molar-refractivity contribution < 1.29 is 29.2 Å². The third-order valence-electron chi connectivity index (χ3n) is 5.03. The molecule has 2 rings (SSSR count). The highest BCUT2D eigenvalue weighted by Crippen LogP contribution is 2.33. The fraction of sp³-hybridized carbons (Fsp3) is 0.520. The molecule has 0 bridgehead atoms. The van der Waals surface area contributed by atoms with Crippen LogP contribution in [0.5, 0.6) is 11.5 Å². The highest BCUT2D eigenvalue weighted by Gasteiger charge is 2.23. The van der Waals surface area contributed by atoms with Crippen molar-refractivity contribution >= 4 is 0 Å². The van der Waals surface area contributed by atoms with Crippen molar-refractivity contribution in [2.24, 2.45) is 0 Å². The van der Waals surface area contributed by atoms with E-state index < -0.39 is 0 Å². The number of ether oxygens (including phenoxy) is 4. The molecule has 0 saturated carbocycles. The third kappa shape index (κ3) is 8.87. The van der Waals surface area contributed by atoms with Gasteiger partial charge in [-0.15, -0.1) is 0 Å². The Bertz CT molecular complexity index is 650. The normalized spacial score (nSPS) is 11.5. The Balaban J connectivity index is 1.82. The second kappa shape index (κ2) is 14.0. The van der Waals surface area contributed by atoms with E-state index in [0.29, 0.717) is 39.6 Å². The molecule has 172 valence electrons. The number of hydrogen-bond acceptors (Lipinski definition) is 6. The van der Waals surface area contributed by atoms with Gasteiger partial charge in [0.25, 0.3) is 0 Å². The van der Waals surface area contributed by atoms with Gasteiger partial charge in [0.05, 0.1) is 39.6 Å². The summed E-state index contributed by atoms with van der Waals surface area (Å²) in [6, 6.07) is 16.4. The summed E-state index contributed by atoms with van der Waals surface area (Å²) >= 11 is 0. The van der Waals surface area contributed by atoms with Gasteiger partial charge < -0.3 is 29.2 Å². The summed E-state index contributed by atoms with van der Waals surface area (Å²) in [7, 11) is 0. The Morgan fingerprint density at radius 1 is 0.581 bits per heavy atom. The van der Waals surface area contributed by atoms with Gasteiger partial charge in [-0.1, -0.05) is 38.1 Å². The molecule has 0 aromatic heterocycles. The topological polar surface area (TPSA) is 77.4 Å². The van der Waals surface area contributed by atoms with E-state index in [2.05, 4.69) is 38.1 Å². The van der Waals surface area contributed by atoms with E-state index in [4.69, 9.17) is 29.2 Å². The maximum atomic E-state index is 8.68. The zero-order valence-corrected chi connectivity index (χ0v) is 18.7. The highest BCUT2D eigenvalue weighted by atomic mass is 16.5. The molecular formula is C25H36O6. The van der Waals surface area contributed by atoms with Gasteiger partial charge in [0, 0.05) is 31.5 Å². The number of rotatable bonds is 16. The second-order valence-corrected chi connectivity index (χ2v) is 7.75. The Morgan fingerprint density at radius 3 is 1.32 bits per heavy atom. The van der Waals surface area contributed by atoms with Crippen molar-refractivity contribution in [3.05, 3.63) is 59.7 Å². The lowest BCUT2D eigenvalue weighted by molar-refractivity contribution is 0.0835. The summed E-state index contributed by atoms with van der Waals surface area (Å²) in [4.78, 5) is 0. The first-order valence-electron chi connectivity index (χ1n) is 10.9. The molecule has 2 N–H and O–H groups in total. The molecule has 0 unspecified atom stereocenters. The maximum absolute atomic E-state index is 8.68. The lowest BCUT2D eigenvalue weighted by Crippen LogP contribution is -2.18. The minimum Gasteiger partial charge on any atom is -0.494 e. The molecule has 2 aromatic rings. The molecule has 0 radical (unpaired) electrons. The lowest BCUT2D eigenvalue weighted by Gasteiger charge is -2.26. The third-order valence-corrected chi connectivity index (χ3v) is 5.03. The van der Waals surface area contributed by atoms with E-state index in [-0.39, 0.29) is 18.6 Å². The van der Waals surface area contributed by atoms with E-state index >= 15 is 0 Å². The summed E-state index contributed by atoms with van der Waals surface area (Å²) in [5.41, 5.74) is 2.27. The van der Waals surface area contributed by atoms with Crippen LogP contribution in [0, 0.1) is 0 Å². The van der Waals surface area contributed by atoms with Crippen molar-refractivity contribution in [3.63, 3.8) is 0 Å². The van der Waals surface area contributed by atoms with Gasteiger partial charge in [-0.25, -0.2) is 0 Å². The molecule has 0 aliphatic rings. The fourth-order valence-corrected chi connectivity index (χ4v) is 3.14. The highest BCUT2D eigenvalue weighted by molar-refractivity contribution is 5.41. The van der Waals surface area contributed by atoms with Crippen LogP contribution in [0.2, 0.25) is 0 Å². The van der Waals surface area contributed by atoms with Crippen LogP contribution in [0.25, 0.3) is 0 Å². The van der Waals surface area contributed by atoms with Crippen molar-refractivity contribution in [2.75, 3.05) is 52.9 Å². The van der Waals surface area contributed by atoms with Crippen molar-refractivity contribution in [1.82, 2.24) is 0 Å². The number of aliphatic hydroxyl groups excluding tert-OH is 2. The molecule has 2 aromatic carbocycles. The smallest absolute Gasteiger partial charge is 0.119 e. The van der Waals surface area contributed by atoms with Gasteiger partial charge in [-0.05, 0) is 35.4 Å². The zero-order chi connectivity index (χ0) is 22.4. The zero-order valence-electron chi connectivity index (χ0n) is 18.7. The molecule has 6 heteroatoms. The monoisotopic (exact) mass is 432 g/mol. The predicted octanol–water partition coefficient (Wildman–Crippen LogP) is 3.57. The molecule has 0 aliphatic carbocycles. The average Bonchev–Trinajstić information content (AvgIpc) is 2.79. The summed E-state index contributed by atoms with van der Waals surface area (Å²) in [5.74, 6) is 1.68. The van der Waals surface area contributed by atoms with E-state index in [1.165, 1.54) is 11.1 Å². The summed E-state index contributed by atoms with van der Waals surface area (Å²) in [6.07, 6.45) is 1.58. The first kappa shape index (κ1) is 25.1. The SMILES string of the molecule is CC(C)(c1ccc(OCCCOCCO)cc1)c1ccc(OCCCOCCO)cc1. The Labute approximate surface area is 185 Å². The van der Waals surface area contributed by atoms with Crippen LogP contribution in [-0.2, 0) is 14.9 Å². The van der Waals surface area contributed by atoms with E-state index in [1.54, 1.807) is 0 Å². The van der Waals surface area contributed by atoms with Gasteiger partial charge in [0.2, 0.25) is 0 Å². The minimum absolute atomic E-state index is 0.0510. The van der Waals surface area contributed by atoms with Crippen molar-refractivity contribution in [3.8, 4) is 11.5 Å². The largest absolute Gasteiger partial charge is 0.494 e. The molecule has 0 amide bonds. The average molecular weight is 433 g/mol. The molecule has 0 fully saturated rings. The van der Waals surface area contributed by atoms with E-state index in [0.717, 1.165) is 24.3 Å². The van der Waals surface area contributed by atoms with Crippen LogP contribution in [-0.4, -0.2) is 63.1 Å². The maximum Gasteiger partial charge on any atom is 0.119 e. The number of benzene rings is 2. The first-order chi connectivity index (χ1) is 15.1. The predicted molar refractivity (Wildman–Crippen MR) is 121 cm³/mol. The number of aliphatic hydroxyl groups is 2. The van der Waals surface area contributed by atoms with Gasteiger partial charge in [0.15, 0.2) is 0 Å². The van der Waals surface area contributed by atoms with Crippen LogP contribution in [0.15, 0.2) is 48.5 Å². The van der Waals surface area contributed by atoms with E-state index in [1.807, 2.05) is 24.3 Å². The van der Waals surface area contributed by atoms with Crippen LogP contribution in [0.1, 0.15) is 37.8 Å². The Morgan fingerprint density at radius 2 is 0.968 bits per heavy atom. The molecule has 0 saturated heterocycles. The molecule has 0 heterocycles. The fourth-order valence-electron chi connectivity index (χ4n) is 3.14. The molecule has 31 heavy (non-hydrogen) atoms.